The summed E-state index contributed by atoms with van der Waals surface area (Å²) in [5, 5.41) is 12.3. The van der Waals surface area contributed by atoms with Gasteiger partial charge in [0, 0.05) is 24.5 Å². The molecule has 0 aromatic carbocycles. The number of hydrogen-bond acceptors (Lipinski definition) is 2. The molecule has 0 aromatic rings. The molecule has 2 rings (SSSR count). The van der Waals surface area contributed by atoms with Crippen LogP contribution in [0.1, 0.15) is 51.4 Å². The Morgan fingerprint density at radius 3 is 2.24 bits per heavy atom. The van der Waals surface area contributed by atoms with Crippen LogP contribution in [0.5, 0.6) is 0 Å². The van der Waals surface area contributed by atoms with Crippen molar-refractivity contribution in [2.24, 2.45) is 17.8 Å². The predicted molar refractivity (Wildman–Crippen MR) is 72.5 cm³/mol. The van der Waals surface area contributed by atoms with E-state index in [9.17, 15) is 23.1 Å². The zero-order valence-electron chi connectivity index (χ0n) is 12.2. The van der Waals surface area contributed by atoms with Crippen LogP contribution in [0.4, 0.5) is 13.2 Å². The molecular weight excluding hydrogens is 283 g/mol. The Hall–Kier alpha value is -0.780. The van der Waals surface area contributed by atoms with Crippen molar-refractivity contribution in [3.05, 3.63) is 0 Å². The Labute approximate surface area is 123 Å². The molecule has 3 nitrogen and oxygen atoms in total. The average Bonchev–Trinajstić information content (AvgIpc) is 2.47. The van der Waals surface area contributed by atoms with Crippen molar-refractivity contribution in [3.63, 3.8) is 0 Å². The second-order valence-electron chi connectivity index (χ2n) is 6.43. The fraction of sp³-hybridized carbons (Fsp3) is 0.933. The van der Waals surface area contributed by atoms with Crippen molar-refractivity contribution in [3.8, 4) is 0 Å². The van der Waals surface area contributed by atoms with Gasteiger partial charge in [-0.15, -0.1) is 0 Å². The molecule has 21 heavy (non-hydrogen) atoms. The van der Waals surface area contributed by atoms with Gasteiger partial charge in [0.1, 0.15) is 0 Å². The van der Waals surface area contributed by atoms with Gasteiger partial charge in [-0.25, -0.2) is 0 Å². The van der Waals surface area contributed by atoms with E-state index in [2.05, 4.69) is 5.32 Å². The van der Waals surface area contributed by atoms with Crippen molar-refractivity contribution in [2.45, 2.75) is 63.6 Å². The summed E-state index contributed by atoms with van der Waals surface area (Å²) in [6, 6.07) is -0.0170. The fourth-order valence-electron chi connectivity index (χ4n) is 3.60. The molecule has 0 radical (unpaired) electrons. The summed E-state index contributed by atoms with van der Waals surface area (Å²) in [5.74, 6) is -1.58. The first kappa shape index (κ1) is 16.6. The van der Waals surface area contributed by atoms with Crippen LogP contribution in [0, 0.1) is 17.8 Å². The van der Waals surface area contributed by atoms with Crippen molar-refractivity contribution in [1.82, 2.24) is 5.32 Å². The predicted octanol–water partition coefficient (Wildman–Crippen LogP) is 3.02. The van der Waals surface area contributed by atoms with Crippen molar-refractivity contribution >= 4 is 5.91 Å². The number of rotatable bonds is 3. The minimum absolute atomic E-state index is 0.0170. The summed E-state index contributed by atoms with van der Waals surface area (Å²) in [5.41, 5.74) is 0. The maximum absolute atomic E-state index is 12.6. The zero-order chi connectivity index (χ0) is 15.5. The molecule has 2 aliphatic carbocycles. The van der Waals surface area contributed by atoms with Crippen LogP contribution in [0.3, 0.4) is 0 Å². The summed E-state index contributed by atoms with van der Waals surface area (Å²) >= 11 is 0. The smallest absolute Gasteiger partial charge is 0.391 e. The molecule has 0 spiro atoms. The average molecular weight is 307 g/mol. The van der Waals surface area contributed by atoms with Gasteiger partial charge in [-0.3, -0.25) is 4.79 Å². The summed E-state index contributed by atoms with van der Waals surface area (Å²) in [6.07, 6.45) is 0.449. The van der Waals surface area contributed by atoms with E-state index in [1.807, 2.05) is 0 Å². The fourth-order valence-corrected chi connectivity index (χ4v) is 3.60. The minimum atomic E-state index is -4.13. The normalized spacial score (nSPS) is 34.5. The Morgan fingerprint density at radius 2 is 1.67 bits per heavy atom. The van der Waals surface area contributed by atoms with Crippen LogP contribution in [0.2, 0.25) is 0 Å². The first-order valence-electron chi connectivity index (χ1n) is 7.89. The number of hydrogen-bond donors (Lipinski definition) is 2. The van der Waals surface area contributed by atoms with Gasteiger partial charge >= 0.3 is 6.18 Å². The van der Waals surface area contributed by atoms with Gasteiger partial charge in [0.25, 0.3) is 0 Å². The molecule has 2 unspecified atom stereocenters. The Bertz CT molecular complexity index is 351. The van der Waals surface area contributed by atoms with Gasteiger partial charge in [0.15, 0.2) is 0 Å². The van der Waals surface area contributed by atoms with Crippen molar-refractivity contribution in [2.75, 3.05) is 6.61 Å². The number of aliphatic hydroxyl groups excluding tert-OH is 1. The highest BCUT2D eigenvalue weighted by molar-refractivity contribution is 5.79. The van der Waals surface area contributed by atoms with E-state index in [1.165, 1.54) is 0 Å². The SMILES string of the molecule is O=C(NC1CCCCC1CO)C1CCC(C(F)(F)F)CC1. The Morgan fingerprint density at radius 1 is 1.05 bits per heavy atom. The largest absolute Gasteiger partial charge is 0.396 e. The summed E-state index contributed by atoms with van der Waals surface area (Å²) in [4.78, 5) is 12.2. The number of alkyl halides is 3. The van der Waals surface area contributed by atoms with Crippen molar-refractivity contribution < 1.29 is 23.1 Å². The van der Waals surface area contributed by atoms with Gasteiger partial charge in [-0.2, -0.15) is 13.2 Å². The van der Waals surface area contributed by atoms with E-state index >= 15 is 0 Å². The lowest BCUT2D eigenvalue weighted by molar-refractivity contribution is -0.184. The molecule has 2 atom stereocenters. The van der Waals surface area contributed by atoms with Crippen molar-refractivity contribution in [1.29, 1.82) is 0 Å². The second-order valence-corrected chi connectivity index (χ2v) is 6.43. The number of halogens is 3. The van der Waals surface area contributed by atoms with E-state index in [4.69, 9.17) is 0 Å². The maximum Gasteiger partial charge on any atom is 0.391 e. The van der Waals surface area contributed by atoms with Crippen LogP contribution in [0.25, 0.3) is 0 Å². The lowest BCUT2D eigenvalue weighted by Gasteiger charge is -2.34. The van der Waals surface area contributed by atoms with Crippen LogP contribution in [0.15, 0.2) is 0 Å². The molecule has 2 N–H and O–H groups in total. The highest BCUT2D eigenvalue weighted by Crippen LogP contribution is 2.39. The molecule has 0 saturated heterocycles. The quantitative estimate of drug-likeness (QED) is 0.842. The van der Waals surface area contributed by atoms with Gasteiger partial charge < -0.3 is 10.4 Å². The molecule has 0 aliphatic heterocycles. The molecule has 2 saturated carbocycles. The zero-order valence-corrected chi connectivity index (χ0v) is 12.2. The highest BCUT2D eigenvalue weighted by Gasteiger charge is 2.42. The third-order valence-corrected chi connectivity index (χ3v) is 5.03. The third-order valence-electron chi connectivity index (χ3n) is 5.03. The second kappa shape index (κ2) is 6.99. The summed E-state index contributed by atoms with van der Waals surface area (Å²) in [7, 11) is 0. The molecule has 2 aliphatic rings. The third kappa shape index (κ3) is 4.34. The van der Waals surface area contributed by atoms with E-state index in [-0.39, 0.29) is 43.2 Å². The number of nitrogens with one attached hydrogen (secondary N) is 1. The molecule has 6 heteroatoms. The standard InChI is InChI=1S/C15H24F3NO2/c16-15(17,18)12-7-5-10(6-8-12)14(21)19-13-4-2-1-3-11(13)9-20/h10-13,20H,1-9H2,(H,19,21). The highest BCUT2D eigenvalue weighted by atomic mass is 19.4. The van der Waals surface area contributed by atoms with E-state index in [0.717, 1.165) is 25.7 Å². The topological polar surface area (TPSA) is 49.3 Å². The first-order valence-corrected chi connectivity index (χ1v) is 7.89. The lowest BCUT2D eigenvalue weighted by atomic mass is 9.80. The van der Waals surface area contributed by atoms with E-state index in [0.29, 0.717) is 12.8 Å². The lowest BCUT2D eigenvalue weighted by Crippen LogP contribution is -2.46. The molecule has 0 bridgehead atoms. The molecule has 0 heterocycles. The van der Waals surface area contributed by atoms with E-state index < -0.39 is 12.1 Å². The molecular formula is C15H24F3NO2. The number of amides is 1. The summed E-state index contributed by atoms with van der Waals surface area (Å²) < 4.78 is 37.8. The molecule has 122 valence electrons. The molecule has 0 aromatic heterocycles. The Kier molecular flexibility index (Phi) is 5.52. The summed E-state index contributed by atoms with van der Waals surface area (Å²) in [6.45, 7) is 0.0613. The maximum atomic E-state index is 12.6. The van der Waals surface area contributed by atoms with E-state index in [1.54, 1.807) is 0 Å². The number of carbonyl (C=O) groups excluding carboxylic acids is 1. The number of aliphatic hydroxyl groups is 1. The Balaban J connectivity index is 1.82. The first-order chi connectivity index (χ1) is 9.91. The van der Waals surface area contributed by atoms with Crippen LogP contribution in [-0.2, 0) is 4.79 Å². The monoisotopic (exact) mass is 307 g/mol. The minimum Gasteiger partial charge on any atom is -0.396 e. The van der Waals surface area contributed by atoms with Gasteiger partial charge in [-0.1, -0.05) is 12.8 Å². The van der Waals surface area contributed by atoms with Gasteiger partial charge in [0.05, 0.1) is 5.92 Å². The molecule has 2 fully saturated rings. The van der Waals surface area contributed by atoms with Crippen LogP contribution in [-0.4, -0.2) is 29.8 Å². The molecule has 1 amide bonds. The van der Waals surface area contributed by atoms with Crippen LogP contribution < -0.4 is 5.32 Å². The van der Waals surface area contributed by atoms with Crippen LogP contribution >= 0.6 is 0 Å². The van der Waals surface area contributed by atoms with Gasteiger partial charge in [-0.05, 0) is 38.5 Å². The number of carbonyl (C=O) groups is 1. The van der Waals surface area contributed by atoms with Gasteiger partial charge in [0.2, 0.25) is 5.91 Å².